The number of alkyl halides is 3. The number of rotatable bonds is 2. The Kier molecular flexibility index (Phi) is 5.24. The monoisotopic (exact) mass is 498 g/mol. The maximum absolute atomic E-state index is 13.9. The molecule has 1 aromatic carbocycles. The summed E-state index contributed by atoms with van der Waals surface area (Å²) in [6.45, 7) is 3.30. The molecule has 1 unspecified atom stereocenters. The number of halogens is 4. The number of benzene rings is 1. The molecule has 0 spiro atoms. The number of carbonyl (C=O) groups is 1. The first-order valence-corrected chi connectivity index (χ1v) is 11.4. The van der Waals surface area contributed by atoms with Gasteiger partial charge in [0.1, 0.15) is 17.4 Å². The van der Waals surface area contributed by atoms with E-state index in [1.165, 1.54) is 11.1 Å². The van der Waals surface area contributed by atoms with Crippen LogP contribution in [0.5, 0.6) is 0 Å². The molecule has 6 nitrogen and oxygen atoms in total. The van der Waals surface area contributed by atoms with Crippen molar-refractivity contribution >= 4 is 27.7 Å². The summed E-state index contributed by atoms with van der Waals surface area (Å²) in [5.41, 5.74) is 0.962. The molecule has 1 aromatic heterocycles. The van der Waals surface area contributed by atoms with Crippen LogP contribution in [0.25, 0.3) is 0 Å². The fourth-order valence-corrected chi connectivity index (χ4v) is 5.42. The number of fused-ring (bicyclic) bond motifs is 2. The molecular formula is C21H24BrF3N5O+. The van der Waals surface area contributed by atoms with Crippen molar-refractivity contribution in [3.8, 4) is 0 Å². The fourth-order valence-electron chi connectivity index (χ4n) is 5.16. The van der Waals surface area contributed by atoms with E-state index in [4.69, 9.17) is 0 Å². The Morgan fingerprint density at radius 3 is 2.74 bits per heavy atom. The fraction of sp³-hybridized carbons (Fsp3) is 0.524. The van der Waals surface area contributed by atoms with Gasteiger partial charge in [-0.3, -0.25) is 4.79 Å². The van der Waals surface area contributed by atoms with Gasteiger partial charge in [0.25, 0.3) is 5.91 Å². The molecule has 2 aromatic rings. The lowest BCUT2D eigenvalue weighted by Crippen LogP contribution is -3.16. The second-order valence-corrected chi connectivity index (χ2v) is 9.56. The third kappa shape index (κ3) is 3.84. The van der Waals surface area contributed by atoms with Gasteiger partial charge in [0.2, 0.25) is 0 Å². The third-order valence-corrected chi connectivity index (χ3v) is 7.33. The van der Waals surface area contributed by atoms with E-state index in [1.807, 2.05) is 0 Å². The number of nitrogens with one attached hydrogen (secondary N) is 2. The highest BCUT2D eigenvalue weighted by atomic mass is 79.9. The average Bonchev–Trinajstić information content (AvgIpc) is 3.38. The van der Waals surface area contributed by atoms with E-state index in [2.05, 4.69) is 26.3 Å². The smallest absolute Gasteiger partial charge is 0.363 e. The largest absolute Gasteiger partial charge is 0.410 e. The zero-order chi connectivity index (χ0) is 21.8. The molecule has 31 heavy (non-hydrogen) atoms. The average molecular weight is 499 g/mol. The highest BCUT2D eigenvalue weighted by Gasteiger charge is 2.48. The highest BCUT2D eigenvalue weighted by Crippen LogP contribution is 2.44. The van der Waals surface area contributed by atoms with Gasteiger partial charge in [0.15, 0.2) is 6.04 Å². The predicted molar refractivity (Wildman–Crippen MR) is 112 cm³/mol. The van der Waals surface area contributed by atoms with Gasteiger partial charge in [-0.1, -0.05) is 28.1 Å². The van der Waals surface area contributed by atoms with Crippen molar-refractivity contribution < 1.29 is 22.9 Å². The highest BCUT2D eigenvalue weighted by molar-refractivity contribution is 9.10. The third-order valence-electron chi connectivity index (χ3n) is 6.80. The lowest BCUT2D eigenvalue weighted by molar-refractivity contribution is -0.916. The van der Waals surface area contributed by atoms with Crippen LogP contribution in [0.1, 0.15) is 47.3 Å². The zero-order valence-electron chi connectivity index (χ0n) is 16.8. The number of piperazine rings is 1. The van der Waals surface area contributed by atoms with Crippen molar-refractivity contribution in [2.24, 2.45) is 0 Å². The summed E-state index contributed by atoms with van der Waals surface area (Å²) >= 11 is 3.36. The lowest BCUT2D eigenvalue weighted by Gasteiger charge is -2.36. The molecule has 166 valence electrons. The number of anilines is 1. The number of carbonyl (C=O) groups excluding carboxylic acids is 1. The Bertz CT molecular complexity index is 976. The second kappa shape index (κ2) is 7.81. The first-order chi connectivity index (χ1) is 14.8. The van der Waals surface area contributed by atoms with Gasteiger partial charge in [-0.2, -0.15) is 18.3 Å². The first-order valence-electron chi connectivity index (χ1n) is 10.6. The minimum absolute atomic E-state index is 0.160. The number of aromatic nitrogens is 2. The van der Waals surface area contributed by atoms with Crippen molar-refractivity contribution in [2.75, 3.05) is 31.5 Å². The summed E-state index contributed by atoms with van der Waals surface area (Å²) in [5.74, 6) is -0.0789. The summed E-state index contributed by atoms with van der Waals surface area (Å²) in [7, 11) is 0. The molecule has 2 saturated heterocycles. The molecule has 2 N–H and O–H groups in total. The molecule has 4 heterocycles. The molecule has 4 atom stereocenters. The van der Waals surface area contributed by atoms with Gasteiger partial charge in [0, 0.05) is 23.7 Å². The van der Waals surface area contributed by atoms with Gasteiger partial charge in [-0.25, -0.2) is 4.68 Å². The molecule has 0 bridgehead atoms. The standard InChI is InChI=1S/C21H23BrF3N5O/c22-14-5-3-13(4-6-14)17-10-18(21(23,24)25)30-19(27-17)16(11-26-30)20(31)29-9-8-28-7-1-2-15(28)12-29/h3-6,11,15,17-18,27H,1-2,7-10,12H2/p+1/t15-,17-,18+/m1/s1. The van der Waals surface area contributed by atoms with Crippen molar-refractivity contribution in [3.63, 3.8) is 0 Å². The molecule has 0 saturated carbocycles. The zero-order valence-corrected chi connectivity index (χ0v) is 18.4. The number of hydrogen-bond donors (Lipinski definition) is 2. The van der Waals surface area contributed by atoms with Gasteiger partial charge < -0.3 is 15.1 Å². The number of quaternary nitrogens is 1. The Hall–Kier alpha value is -2.07. The van der Waals surface area contributed by atoms with Gasteiger partial charge in [-0.15, -0.1) is 0 Å². The molecule has 5 rings (SSSR count). The normalized spacial score (nSPS) is 28.1. The Morgan fingerprint density at radius 1 is 1.23 bits per heavy atom. The molecule has 3 aliphatic heterocycles. The van der Waals surface area contributed by atoms with Crippen LogP contribution in [-0.2, 0) is 0 Å². The number of amides is 1. The quantitative estimate of drug-likeness (QED) is 0.669. The molecular weight excluding hydrogens is 475 g/mol. The van der Waals surface area contributed by atoms with Crippen LogP contribution >= 0.6 is 15.9 Å². The van der Waals surface area contributed by atoms with E-state index in [9.17, 15) is 18.0 Å². The SMILES string of the molecule is O=C(c1cnn2c1N[C@@H](c1ccc(Br)cc1)C[C@H]2C(F)(F)F)N1CC[NH+]2CCC[C@@H]2C1. The van der Waals surface area contributed by atoms with Crippen LogP contribution in [0, 0.1) is 0 Å². The maximum Gasteiger partial charge on any atom is 0.410 e. The number of hydrogen-bond acceptors (Lipinski definition) is 3. The van der Waals surface area contributed by atoms with E-state index < -0.39 is 18.3 Å². The van der Waals surface area contributed by atoms with E-state index in [1.54, 1.807) is 29.2 Å². The van der Waals surface area contributed by atoms with Crippen LogP contribution in [0.15, 0.2) is 34.9 Å². The minimum Gasteiger partial charge on any atom is -0.363 e. The topological polar surface area (TPSA) is 54.6 Å². The molecule has 0 aliphatic carbocycles. The van der Waals surface area contributed by atoms with Crippen LogP contribution in [-0.4, -0.2) is 59.0 Å². The molecule has 2 fully saturated rings. The molecule has 1 amide bonds. The molecule has 10 heteroatoms. The Morgan fingerprint density at radius 2 is 2.00 bits per heavy atom. The maximum atomic E-state index is 13.9. The summed E-state index contributed by atoms with van der Waals surface area (Å²) < 4.78 is 43.5. The predicted octanol–water partition coefficient (Wildman–Crippen LogP) is 2.81. The minimum atomic E-state index is -4.46. The summed E-state index contributed by atoms with van der Waals surface area (Å²) in [4.78, 5) is 16.6. The van der Waals surface area contributed by atoms with E-state index >= 15 is 0 Å². The molecule has 0 radical (unpaired) electrons. The van der Waals surface area contributed by atoms with Gasteiger partial charge in [-0.05, 0) is 17.7 Å². The van der Waals surface area contributed by atoms with Gasteiger partial charge >= 0.3 is 6.18 Å². The van der Waals surface area contributed by atoms with Crippen LogP contribution in [0.3, 0.4) is 0 Å². The summed E-state index contributed by atoms with van der Waals surface area (Å²) in [6.07, 6.45) is -1.10. The Labute approximate surface area is 186 Å². The first kappa shape index (κ1) is 20.8. The van der Waals surface area contributed by atoms with Crippen molar-refractivity contribution in [1.29, 1.82) is 0 Å². The van der Waals surface area contributed by atoms with E-state index in [0.717, 1.165) is 40.6 Å². The summed E-state index contributed by atoms with van der Waals surface area (Å²) in [5, 5.41) is 7.19. The van der Waals surface area contributed by atoms with E-state index in [-0.39, 0.29) is 23.7 Å². The van der Waals surface area contributed by atoms with Crippen LogP contribution in [0.2, 0.25) is 0 Å². The van der Waals surface area contributed by atoms with E-state index in [0.29, 0.717) is 19.1 Å². The van der Waals surface area contributed by atoms with Crippen molar-refractivity contribution in [1.82, 2.24) is 14.7 Å². The van der Waals surface area contributed by atoms with Crippen LogP contribution in [0.4, 0.5) is 19.0 Å². The summed E-state index contributed by atoms with van der Waals surface area (Å²) in [6, 6.07) is 5.29. The van der Waals surface area contributed by atoms with Crippen molar-refractivity contribution in [2.45, 2.75) is 43.6 Å². The van der Waals surface area contributed by atoms with Crippen molar-refractivity contribution in [3.05, 3.63) is 46.1 Å². The Balaban J connectivity index is 1.46. The lowest BCUT2D eigenvalue weighted by atomic mass is 9.96. The van der Waals surface area contributed by atoms with Gasteiger partial charge in [0.05, 0.1) is 38.4 Å². The molecule has 3 aliphatic rings. The second-order valence-electron chi connectivity index (χ2n) is 8.64. The van der Waals surface area contributed by atoms with Crippen LogP contribution < -0.4 is 10.2 Å². The number of nitrogens with zero attached hydrogens (tertiary/aromatic N) is 3.